The van der Waals surface area contributed by atoms with Gasteiger partial charge in [0.2, 0.25) is 0 Å². The quantitative estimate of drug-likeness (QED) is 0.690. The average Bonchev–Trinajstić information content (AvgIpc) is 2.65. The van der Waals surface area contributed by atoms with Gasteiger partial charge in [-0.2, -0.15) is 0 Å². The van der Waals surface area contributed by atoms with E-state index in [1.54, 1.807) is 6.20 Å². The predicted octanol–water partition coefficient (Wildman–Crippen LogP) is 2.31. The number of hydrogen-bond acceptors (Lipinski definition) is 3. The Bertz CT molecular complexity index is 670. The van der Waals surface area contributed by atoms with Crippen molar-refractivity contribution in [3.8, 4) is 5.69 Å². The van der Waals surface area contributed by atoms with E-state index in [0.29, 0.717) is 5.69 Å². The van der Waals surface area contributed by atoms with Gasteiger partial charge in [0.15, 0.2) is 5.65 Å². The minimum absolute atomic E-state index is 0.634. The SMILES string of the molecule is Cc1nc2cc(N)cnc2n1-c1ccccc1. The lowest BCUT2D eigenvalue weighted by atomic mass is 10.3. The number of hydrogen-bond donors (Lipinski definition) is 1. The van der Waals surface area contributed by atoms with E-state index in [0.717, 1.165) is 22.7 Å². The molecule has 0 bridgehead atoms. The van der Waals surface area contributed by atoms with Crippen molar-refractivity contribution in [3.63, 3.8) is 0 Å². The Kier molecular flexibility index (Phi) is 2.08. The number of rotatable bonds is 1. The summed E-state index contributed by atoms with van der Waals surface area (Å²) in [5, 5.41) is 0. The fraction of sp³-hybridized carbons (Fsp3) is 0.0769. The summed E-state index contributed by atoms with van der Waals surface area (Å²) in [6.45, 7) is 1.96. The zero-order valence-corrected chi connectivity index (χ0v) is 9.46. The number of aryl methyl sites for hydroxylation is 1. The van der Waals surface area contributed by atoms with Crippen LogP contribution in [0.15, 0.2) is 42.6 Å². The average molecular weight is 224 g/mol. The normalized spacial score (nSPS) is 10.9. The van der Waals surface area contributed by atoms with Crippen LogP contribution in [0.5, 0.6) is 0 Å². The first-order valence-electron chi connectivity index (χ1n) is 5.42. The van der Waals surface area contributed by atoms with Crippen LogP contribution >= 0.6 is 0 Å². The number of anilines is 1. The third kappa shape index (κ3) is 1.54. The molecule has 1 aromatic carbocycles. The van der Waals surface area contributed by atoms with Crippen LogP contribution < -0.4 is 5.73 Å². The summed E-state index contributed by atoms with van der Waals surface area (Å²) in [5.74, 6) is 0.907. The molecular formula is C13H12N4. The number of nitrogens with zero attached hydrogens (tertiary/aromatic N) is 3. The van der Waals surface area contributed by atoms with E-state index in [1.165, 1.54) is 0 Å². The predicted molar refractivity (Wildman–Crippen MR) is 68.0 cm³/mol. The van der Waals surface area contributed by atoms with Crippen molar-refractivity contribution in [1.29, 1.82) is 0 Å². The lowest BCUT2D eigenvalue weighted by molar-refractivity contribution is 0.987. The van der Waals surface area contributed by atoms with Crippen LogP contribution in [0.3, 0.4) is 0 Å². The third-order valence-corrected chi connectivity index (χ3v) is 2.70. The monoisotopic (exact) mass is 224 g/mol. The molecule has 3 rings (SSSR count). The Balaban J connectivity index is 2.33. The number of aromatic nitrogens is 3. The highest BCUT2D eigenvalue weighted by atomic mass is 15.1. The zero-order valence-electron chi connectivity index (χ0n) is 9.46. The summed E-state index contributed by atoms with van der Waals surface area (Å²) in [7, 11) is 0. The molecule has 84 valence electrons. The van der Waals surface area contributed by atoms with Crippen molar-refractivity contribution < 1.29 is 0 Å². The molecule has 0 aliphatic carbocycles. The number of pyridine rings is 1. The molecule has 3 aromatic rings. The van der Waals surface area contributed by atoms with Crippen molar-refractivity contribution in [2.45, 2.75) is 6.92 Å². The summed E-state index contributed by atoms with van der Waals surface area (Å²) >= 11 is 0. The molecule has 0 spiro atoms. The lowest BCUT2D eigenvalue weighted by Gasteiger charge is -2.05. The second-order valence-corrected chi connectivity index (χ2v) is 3.94. The number of fused-ring (bicyclic) bond motifs is 1. The van der Waals surface area contributed by atoms with Crippen LogP contribution in [0.1, 0.15) is 5.82 Å². The summed E-state index contributed by atoms with van der Waals surface area (Å²) in [4.78, 5) is 8.82. The molecule has 17 heavy (non-hydrogen) atoms. The van der Waals surface area contributed by atoms with E-state index in [-0.39, 0.29) is 0 Å². The van der Waals surface area contributed by atoms with Gasteiger partial charge in [0.1, 0.15) is 11.3 Å². The van der Waals surface area contributed by atoms with Crippen LogP contribution in [0, 0.1) is 6.92 Å². The Morgan fingerprint density at radius 1 is 1.18 bits per heavy atom. The lowest BCUT2D eigenvalue weighted by Crippen LogP contribution is -1.97. The molecular weight excluding hydrogens is 212 g/mol. The highest BCUT2D eigenvalue weighted by Crippen LogP contribution is 2.20. The van der Waals surface area contributed by atoms with Crippen molar-refractivity contribution >= 4 is 16.9 Å². The molecule has 2 heterocycles. The summed E-state index contributed by atoms with van der Waals surface area (Å²) in [5.41, 5.74) is 9.07. The van der Waals surface area contributed by atoms with Crippen molar-refractivity contribution in [3.05, 3.63) is 48.4 Å². The molecule has 2 N–H and O–H groups in total. The van der Waals surface area contributed by atoms with Gasteiger partial charge in [-0.15, -0.1) is 0 Å². The number of benzene rings is 1. The van der Waals surface area contributed by atoms with Gasteiger partial charge in [0, 0.05) is 5.69 Å². The second-order valence-electron chi connectivity index (χ2n) is 3.94. The molecule has 0 aliphatic heterocycles. The minimum Gasteiger partial charge on any atom is -0.397 e. The van der Waals surface area contributed by atoms with E-state index >= 15 is 0 Å². The molecule has 2 aromatic heterocycles. The summed E-state index contributed by atoms with van der Waals surface area (Å²) in [6, 6.07) is 11.9. The first-order valence-corrected chi connectivity index (χ1v) is 5.42. The van der Waals surface area contributed by atoms with Gasteiger partial charge < -0.3 is 5.73 Å². The van der Waals surface area contributed by atoms with E-state index < -0.39 is 0 Å². The van der Waals surface area contributed by atoms with Crippen LogP contribution in [-0.4, -0.2) is 14.5 Å². The molecule has 4 heteroatoms. The second kappa shape index (κ2) is 3.59. The molecule has 0 radical (unpaired) electrons. The standard InChI is InChI=1S/C13H12N4/c1-9-16-12-7-10(14)8-15-13(12)17(9)11-5-3-2-4-6-11/h2-8H,14H2,1H3. The van der Waals surface area contributed by atoms with Crippen LogP contribution in [-0.2, 0) is 0 Å². The van der Waals surface area contributed by atoms with Gasteiger partial charge in [0.25, 0.3) is 0 Å². The molecule has 0 atom stereocenters. The molecule has 0 amide bonds. The smallest absolute Gasteiger partial charge is 0.164 e. The summed E-state index contributed by atoms with van der Waals surface area (Å²) in [6.07, 6.45) is 1.66. The minimum atomic E-state index is 0.634. The summed E-state index contributed by atoms with van der Waals surface area (Å²) < 4.78 is 2.02. The van der Waals surface area contributed by atoms with E-state index in [2.05, 4.69) is 9.97 Å². The molecule has 0 unspecified atom stereocenters. The number of nitrogen functional groups attached to an aromatic ring is 1. The third-order valence-electron chi connectivity index (χ3n) is 2.70. The zero-order chi connectivity index (χ0) is 11.8. The number of para-hydroxylation sites is 1. The highest BCUT2D eigenvalue weighted by Gasteiger charge is 2.09. The van der Waals surface area contributed by atoms with Gasteiger partial charge in [-0.25, -0.2) is 9.97 Å². The fourth-order valence-corrected chi connectivity index (χ4v) is 1.98. The molecule has 0 saturated carbocycles. The molecule has 0 aliphatic rings. The molecule has 0 fully saturated rings. The maximum Gasteiger partial charge on any atom is 0.164 e. The Hall–Kier alpha value is -2.36. The van der Waals surface area contributed by atoms with Gasteiger partial charge in [-0.3, -0.25) is 4.57 Å². The van der Waals surface area contributed by atoms with Gasteiger partial charge in [-0.1, -0.05) is 18.2 Å². The Morgan fingerprint density at radius 2 is 1.94 bits per heavy atom. The number of nitrogens with two attached hydrogens (primary N) is 1. The number of imidazole rings is 1. The van der Waals surface area contributed by atoms with Crippen LogP contribution in [0.25, 0.3) is 16.9 Å². The Morgan fingerprint density at radius 3 is 2.71 bits per heavy atom. The van der Waals surface area contributed by atoms with Gasteiger partial charge >= 0.3 is 0 Å². The van der Waals surface area contributed by atoms with E-state index in [9.17, 15) is 0 Å². The van der Waals surface area contributed by atoms with Gasteiger partial charge in [0.05, 0.1) is 11.9 Å². The fourth-order valence-electron chi connectivity index (χ4n) is 1.98. The molecule has 4 nitrogen and oxygen atoms in total. The van der Waals surface area contributed by atoms with Crippen molar-refractivity contribution in [2.24, 2.45) is 0 Å². The maximum absolute atomic E-state index is 5.71. The van der Waals surface area contributed by atoms with Gasteiger partial charge in [-0.05, 0) is 25.1 Å². The van der Waals surface area contributed by atoms with Crippen LogP contribution in [0.2, 0.25) is 0 Å². The van der Waals surface area contributed by atoms with E-state index in [4.69, 9.17) is 5.73 Å². The highest BCUT2D eigenvalue weighted by molar-refractivity contribution is 5.76. The van der Waals surface area contributed by atoms with Crippen molar-refractivity contribution in [1.82, 2.24) is 14.5 Å². The van der Waals surface area contributed by atoms with E-state index in [1.807, 2.05) is 47.9 Å². The maximum atomic E-state index is 5.71. The molecule has 0 saturated heterocycles. The van der Waals surface area contributed by atoms with Crippen LogP contribution in [0.4, 0.5) is 5.69 Å². The Labute approximate surface area is 98.7 Å². The topological polar surface area (TPSA) is 56.7 Å². The van der Waals surface area contributed by atoms with Crippen molar-refractivity contribution in [2.75, 3.05) is 5.73 Å². The largest absolute Gasteiger partial charge is 0.397 e. The first-order chi connectivity index (χ1) is 8.25. The first kappa shape index (κ1) is 9.84.